The summed E-state index contributed by atoms with van der Waals surface area (Å²) in [6.45, 7) is 2.79. The van der Waals surface area contributed by atoms with Gasteiger partial charge in [0, 0.05) is 10.9 Å². The number of hydrogen-bond donors (Lipinski definition) is 0. The summed E-state index contributed by atoms with van der Waals surface area (Å²) in [6, 6.07) is 5.03. The van der Waals surface area contributed by atoms with E-state index in [9.17, 15) is 4.39 Å². The molecule has 3 heteroatoms. The van der Waals surface area contributed by atoms with Gasteiger partial charge in [-0.25, -0.2) is 4.39 Å². The molecule has 0 saturated heterocycles. The predicted molar refractivity (Wildman–Crippen MR) is 73.3 cm³/mol. The second-order valence-electron chi connectivity index (χ2n) is 4.12. The van der Waals surface area contributed by atoms with Crippen LogP contribution in [0.15, 0.2) is 18.2 Å². The fourth-order valence-corrected chi connectivity index (χ4v) is 2.14. The van der Waals surface area contributed by atoms with Gasteiger partial charge in [0.15, 0.2) is 11.6 Å². The Morgan fingerprint density at radius 1 is 1.18 bits per heavy atom. The van der Waals surface area contributed by atoms with Crippen LogP contribution < -0.4 is 4.74 Å². The van der Waals surface area contributed by atoms with Gasteiger partial charge in [0.05, 0.1) is 6.61 Å². The average Bonchev–Trinajstić information content (AvgIpc) is 2.35. The van der Waals surface area contributed by atoms with Crippen LogP contribution in [0.2, 0.25) is 0 Å². The van der Waals surface area contributed by atoms with Crippen molar-refractivity contribution >= 4 is 15.9 Å². The van der Waals surface area contributed by atoms with Crippen molar-refractivity contribution in [1.29, 1.82) is 0 Å². The lowest BCUT2D eigenvalue weighted by Crippen LogP contribution is -2.01. The summed E-state index contributed by atoms with van der Waals surface area (Å²) in [5.41, 5.74) is 0.874. The van der Waals surface area contributed by atoms with E-state index in [1.807, 2.05) is 6.07 Å². The third kappa shape index (κ3) is 5.07. The van der Waals surface area contributed by atoms with E-state index in [0.717, 1.165) is 18.4 Å². The molecule has 0 aliphatic heterocycles. The standard InChI is InChI=1S/C14H20BrFO/c1-2-3-4-5-6-10-17-14-12(11-15)8-7-9-13(14)16/h7-9H,2-6,10-11H2,1H3. The maximum absolute atomic E-state index is 13.5. The number of benzene rings is 1. The molecule has 1 rings (SSSR count). The number of ether oxygens (including phenoxy) is 1. The second-order valence-corrected chi connectivity index (χ2v) is 4.69. The van der Waals surface area contributed by atoms with Crippen molar-refractivity contribution < 1.29 is 9.13 Å². The normalized spacial score (nSPS) is 10.5. The first-order valence-corrected chi connectivity index (χ1v) is 7.38. The Labute approximate surface area is 111 Å². The van der Waals surface area contributed by atoms with Crippen LogP contribution in [0.4, 0.5) is 4.39 Å². The lowest BCUT2D eigenvalue weighted by atomic mass is 10.2. The molecule has 0 atom stereocenters. The summed E-state index contributed by atoms with van der Waals surface area (Å²) in [5, 5.41) is 0.621. The van der Waals surface area contributed by atoms with Crippen molar-refractivity contribution in [2.45, 2.75) is 44.4 Å². The molecule has 0 amide bonds. The Balaban J connectivity index is 2.35. The van der Waals surface area contributed by atoms with Gasteiger partial charge in [-0.1, -0.05) is 60.7 Å². The molecule has 1 aromatic rings. The zero-order chi connectivity index (χ0) is 12.5. The van der Waals surface area contributed by atoms with Crippen molar-refractivity contribution in [1.82, 2.24) is 0 Å². The van der Waals surface area contributed by atoms with Gasteiger partial charge in [0.2, 0.25) is 0 Å². The molecular formula is C14H20BrFO. The summed E-state index contributed by atoms with van der Waals surface area (Å²) in [4.78, 5) is 0. The molecular weight excluding hydrogens is 283 g/mol. The van der Waals surface area contributed by atoms with E-state index in [4.69, 9.17) is 4.74 Å². The van der Waals surface area contributed by atoms with Crippen molar-refractivity contribution in [3.05, 3.63) is 29.6 Å². The predicted octanol–water partition coefficient (Wildman–Crippen LogP) is 5.07. The topological polar surface area (TPSA) is 9.23 Å². The Kier molecular flexibility index (Phi) is 7.25. The highest BCUT2D eigenvalue weighted by atomic mass is 79.9. The van der Waals surface area contributed by atoms with Crippen molar-refractivity contribution in [2.75, 3.05) is 6.61 Å². The van der Waals surface area contributed by atoms with Gasteiger partial charge in [-0.3, -0.25) is 0 Å². The van der Waals surface area contributed by atoms with Crippen LogP contribution >= 0.6 is 15.9 Å². The van der Waals surface area contributed by atoms with Crippen LogP contribution in [-0.4, -0.2) is 6.61 Å². The van der Waals surface area contributed by atoms with E-state index in [0.29, 0.717) is 17.7 Å². The molecule has 0 unspecified atom stereocenters. The minimum absolute atomic E-state index is 0.268. The molecule has 0 bridgehead atoms. The highest BCUT2D eigenvalue weighted by Gasteiger charge is 2.08. The molecule has 1 aromatic carbocycles. The molecule has 0 saturated carbocycles. The molecule has 0 heterocycles. The van der Waals surface area contributed by atoms with E-state index >= 15 is 0 Å². The number of unbranched alkanes of at least 4 members (excludes halogenated alkanes) is 4. The van der Waals surface area contributed by atoms with E-state index in [2.05, 4.69) is 22.9 Å². The van der Waals surface area contributed by atoms with Gasteiger partial charge in [-0.05, 0) is 12.5 Å². The van der Waals surface area contributed by atoms with E-state index in [1.54, 1.807) is 6.07 Å². The maximum atomic E-state index is 13.5. The summed E-state index contributed by atoms with van der Waals surface area (Å²) < 4.78 is 19.1. The SMILES string of the molecule is CCCCCCCOc1c(F)cccc1CBr. The Hall–Kier alpha value is -0.570. The molecule has 17 heavy (non-hydrogen) atoms. The number of halogens is 2. The molecule has 0 fully saturated rings. The lowest BCUT2D eigenvalue weighted by molar-refractivity contribution is 0.288. The monoisotopic (exact) mass is 302 g/mol. The minimum Gasteiger partial charge on any atom is -0.490 e. The Morgan fingerprint density at radius 3 is 2.65 bits per heavy atom. The van der Waals surface area contributed by atoms with Gasteiger partial charge in [0.25, 0.3) is 0 Å². The third-order valence-corrected chi connectivity index (χ3v) is 3.29. The zero-order valence-electron chi connectivity index (χ0n) is 10.3. The molecule has 0 N–H and O–H groups in total. The van der Waals surface area contributed by atoms with Crippen molar-refractivity contribution in [3.8, 4) is 5.75 Å². The minimum atomic E-state index is -0.268. The van der Waals surface area contributed by atoms with Crippen molar-refractivity contribution in [3.63, 3.8) is 0 Å². The largest absolute Gasteiger partial charge is 0.490 e. The highest BCUT2D eigenvalue weighted by molar-refractivity contribution is 9.08. The first-order chi connectivity index (χ1) is 8.29. The zero-order valence-corrected chi connectivity index (χ0v) is 11.9. The summed E-state index contributed by atoms with van der Waals surface area (Å²) in [6.07, 6.45) is 5.90. The van der Waals surface area contributed by atoms with Gasteiger partial charge in [0.1, 0.15) is 0 Å². The summed E-state index contributed by atoms with van der Waals surface area (Å²) in [7, 11) is 0. The molecule has 0 aliphatic rings. The molecule has 1 nitrogen and oxygen atoms in total. The quantitative estimate of drug-likeness (QED) is 0.481. The second kappa shape index (κ2) is 8.51. The average molecular weight is 303 g/mol. The van der Waals surface area contributed by atoms with Gasteiger partial charge < -0.3 is 4.74 Å². The molecule has 0 aromatic heterocycles. The maximum Gasteiger partial charge on any atom is 0.165 e. The number of alkyl halides is 1. The van der Waals surface area contributed by atoms with Crippen LogP contribution in [-0.2, 0) is 5.33 Å². The summed E-state index contributed by atoms with van der Waals surface area (Å²) >= 11 is 3.34. The van der Waals surface area contributed by atoms with Crippen molar-refractivity contribution in [2.24, 2.45) is 0 Å². The van der Waals surface area contributed by atoms with Gasteiger partial charge in [-0.2, -0.15) is 0 Å². The van der Waals surface area contributed by atoms with Crippen LogP contribution in [0.1, 0.15) is 44.6 Å². The van der Waals surface area contributed by atoms with Gasteiger partial charge >= 0.3 is 0 Å². The fraction of sp³-hybridized carbons (Fsp3) is 0.571. The highest BCUT2D eigenvalue weighted by Crippen LogP contribution is 2.25. The number of hydrogen-bond acceptors (Lipinski definition) is 1. The number of rotatable bonds is 8. The fourth-order valence-electron chi connectivity index (χ4n) is 1.70. The van der Waals surface area contributed by atoms with Crippen LogP contribution in [0.3, 0.4) is 0 Å². The van der Waals surface area contributed by atoms with E-state index in [-0.39, 0.29) is 5.82 Å². The molecule has 0 aliphatic carbocycles. The van der Waals surface area contributed by atoms with E-state index in [1.165, 1.54) is 25.3 Å². The van der Waals surface area contributed by atoms with Crippen LogP contribution in [0.5, 0.6) is 5.75 Å². The van der Waals surface area contributed by atoms with Crippen LogP contribution in [0.25, 0.3) is 0 Å². The van der Waals surface area contributed by atoms with Crippen LogP contribution in [0, 0.1) is 5.82 Å². The Morgan fingerprint density at radius 2 is 1.94 bits per heavy atom. The lowest BCUT2D eigenvalue weighted by Gasteiger charge is -2.10. The molecule has 0 radical (unpaired) electrons. The Bertz CT molecular complexity index is 328. The first-order valence-electron chi connectivity index (χ1n) is 6.25. The van der Waals surface area contributed by atoms with Gasteiger partial charge in [-0.15, -0.1) is 0 Å². The van der Waals surface area contributed by atoms with E-state index < -0.39 is 0 Å². The smallest absolute Gasteiger partial charge is 0.165 e. The molecule has 96 valence electrons. The molecule has 0 spiro atoms. The number of para-hydroxylation sites is 1. The summed E-state index contributed by atoms with van der Waals surface area (Å²) in [5.74, 6) is 0.135. The third-order valence-electron chi connectivity index (χ3n) is 2.69. The first kappa shape index (κ1) is 14.5.